The third-order valence-corrected chi connectivity index (χ3v) is 4.70. The van der Waals surface area contributed by atoms with Crippen molar-refractivity contribution >= 4 is 33.2 Å². The summed E-state index contributed by atoms with van der Waals surface area (Å²) in [6.07, 6.45) is 5.05. The van der Waals surface area contributed by atoms with E-state index >= 15 is 0 Å². The van der Waals surface area contributed by atoms with E-state index in [1.54, 1.807) is 24.5 Å². The Morgan fingerprint density at radius 1 is 1.07 bits per heavy atom. The molecule has 0 bridgehead atoms. The van der Waals surface area contributed by atoms with Crippen molar-refractivity contribution in [2.75, 3.05) is 12.4 Å². The molecular formula is C21H15FN6O. The summed E-state index contributed by atoms with van der Waals surface area (Å²) < 4.78 is 18.9. The summed E-state index contributed by atoms with van der Waals surface area (Å²) in [5.41, 5.74) is 2.20. The molecule has 8 heteroatoms. The van der Waals surface area contributed by atoms with Crippen LogP contribution in [0.4, 0.5) is 15.9 Å². The molecule has 7 nitrogen and oxygen atoms in total. The Hall–Kier alpha value is -4.07. The van der Waals surface area contributed by atoms with Crippen LogP contribution >= 0.6 is 0 Å². The average molecular weight is 386 g/mol. The predicted octanol–water partition coefficient (Wildman–Crippen LogP) is 4.46. The molecule has 29 heavy (non-hydrogen) atoms. The van der Waals surface area contributed by atoms with Gasteiger partial charge in [0.1, 0.15) is 12.1 Å². The fourth-order valence-corrected chi connectivity index (χ4v) is 3.36. The number of hydrogen-bond donors (Lipinski definition) is 2. The van der Waals surface area contributed by atoms with E-state index in [0.717, 1.165) is 27.2 Å². The van der Waals surface area contributed by atoms with Gasteiger partial charge in [-0.3, -0.25) is 10.1 Å². The molecule has 0 saturated carbocycles. The Balaban J connectivity index is 1.75. The number of nitrogens with one attached hydrogen (secondary N) is 2. The van der Waals surface area contributed by atoms with Gasteiger partial charge in [0, 0.05) is 45.9 Å². The lowest BCUT2D eigenvalue weighted by atomic mass is 10.0. The van der Waals surface area contributed by atoms with E-state index in [1.807, 2.05) is 24.3 Å². The van der Waals surface area contributed by atoms with Gasteiger partial charge < -0.3 is 10.1 Å². The lowest BCUT2D eigenvalue weighted by Crippen LogP contribution is -1.99. The summed E-state index contributed by atoms with van der Waals surface area (Å²) in [6, 6.07) is 12.3. The molecule has 3 aromatic heterocycles. The van der Waals surface area contributed by atoms with Crippen LogP contribution in [0.25, 0.3) is 33.1 Å². The topological polar surface area (TPSA) is 88.6 Å². The average Bonchev–Trinajstić information content (AvgIpc) is 3.29. The molecule has 5 aromatic rings. The van der Waals surface area contributed by atoms with Crippen LogP contribution in [0.5, 0.6) is 5.75 Å². The van der Waals surface area contributed by atoms with E-state index in [2.05, 4.69) is 25.5 Å². The van der Waals surface area contributed by atoms with Crippen molar-refractivity contribution < 1.29 is 9.13 Å². The first-order valence-corrected chi connectivity index (χ1v) is 8.88. The number of nitrogens with zero attached hydrogens (tertiary/aromatic N) is 4. The number of pyridine rings is 2. The van der Waals surface area contributed by atoms with Crippen LogP contribution in [0, 0.1) is 5.82 Å². The second kappa shape index (κ2) is 6.83. The molecule has 2 N–H and O–H groups in total. The third kappa shape index (κ3) is 2.91. The predicted molar refractivity (Wildman–Crippen MR) is 109 cm³/mol. The van der Waals surface area contributed by atoms with Crippen molar-refractivity contribution in [2.45, 2.75) is 0 Å². The number of H-pyrrole nitrogens is 1. The van der Waals surface area contributed by atoms with Gasteiger partial charge in [-0.2, -0.15) is 5.10 Å². The number of para-hydroxylation sites is 1. The minimum absolute atomic E-state index is 0.156. The van der Waals surface area contributed by atoms with Crippen LogP contribution in [0.2, 0.25) is 0 Å². The number of aromatic nitrogens is 5. The van der Waals surface area contributed by atoms with Gasteiger partial charge in [-0.15, -0.1) is 0 Å². The number of ether oxygens (including phenoxy) is 1. The summed E-state index contributed by atoms with van der Waals surface area (Å²) >= 11 is 0. The Morgan fingerprint density at radius 2 is 2.00 bits per heavy atom. The van der Waals surface area contributed by atoms with Crippen LogP contribution in [-0.2, 0) is 0 Å². The van der Waals surface area contributed by atoms with Crippen molar-refractivity contribution in [1.82, 2.24) is 25.1 Å². The highest BCUT2D eigenvalue weighted by Gasteiger charge is 2.15. The third-order valence-electron chi connectivity index (χ3n) is 4.70. The molecule has 0 radical (unpaired) electrons. The lowest BCUT2D eigenvalue weighted by Gasteiger charge is -2.13. The van der Waals surface area contributed by atoms with E-state index in [-0.39, 0.29) is 5.75 Å². The van der Waals surface area contributed by atoms with Gasteiger partial charge in [0.25, 0.3) is 0 Å². The number of methoxy groups -OCH3 is 1. The first-order chi connectivity index (χ1) is 14.2. The number of hydrogen-bond acceptors (Lipinski definition) is 6. The van der Waals surface area contributed by atoms with E-state index in [0.29, 0.717) is 17.3 Å². The van der Waals surface area contributed by atoms with Gasteiger partial charge in [0.15, 0.2) is 17.4 Å². The van der Waals surface area contributed by atoms with Crippen LogP contribution < -0.4 is 10.1 Å². The summed E-state index contributed by atoms with van der Waals surface area (Å²) in [5.74, 6) is 0.904. The molecule has 142 valence electrons. The highest BCUT2D eigenvalue weighted by molar-refractivity contribution is 6.13. The largest absolute Gasteiger partial charge is 0.494 e. The number of halogens is 1. The Morgan fingerprint density at radius 3 is 2.83 bits per heavy atom. The van der Waals surface area contributed by atoms with Crippen LogP contribution in [0.15, 0.2) is 61.2 Å². The van der Waals surface area contributed by atoms with Crippen LogP contribution in [-0.4, -0.2) is 32.3 Å². The van der Waals surface area contributed by atoms with Gasteiger partial charge in [-0.1, -0.05) is 12.1 Å². The van der Waals surface area contributed by atoms with E-state index in [1.165, 1.54) is 19.5 Å². The second-order valence-electron chi connectivity index (χ2n) is 6.38. The minimum Gasteiger partial charge on any atom is -0.494 e. The molecule has 0 amide bonds. The number of anilines is 2. The number of fused-ring (bicyclic) bond motifs is 3. The Kier molecular flexibility index (Phi) is 4.02. The minimum atomic E-state index is -0.425. The van der Waals surface area contributed by atoms with Crippen molar-refractivity contribution in [3.05, 3.63) is 67.0 Å². The standard InChI is InChI=1S/C21H15FN6O/c1-29-18-9-12(5-6-17(18)22)26-21-14-7-8-23-10-16(14)13-3-2-4-15(19(13)27-21)20-24-11-25-28-20/h2-11H,1H3,(H,26,27)(H,24,25,28). The second-order valence-corrected chi connectivity index (χ2v) is 6.38. The van der Waals surface area contributed by atoms with Crippen LogP contribution in [0.3, 0.4) is 0 Å². The van der Waals surface area contributed by atoms with Crippen molar-refractivity contribution in [1.29, 1.82) is 0 Å². The van der Waals surface area contributed by atoms with Crippen molar-refractivity contribution in [3.63, 3.8) is 0 Å². The van der Waals surface area contributed by atoms with Crippen LogP contribution in [0.1, 0.15) is 0 Å². The molecular weight excluding hydrogens is 371 g/mol. The zero-order valence-electron chi connectivity index (χ0n) is 15.3. The van der Waals surface area contributed by atoms with Crippen molar-refractivity contribution in [3.8, 4) is 17.1 Å². The quantitative estimate of drug-likeness (QED) is 0.443. The molecule has 0 unspecified atom stereocenters. The summed E-state index contributed by atoms with van der Waals surface area (Å²) in [5, 5.41) is 13.0. The molecule has 0 aliphatic carbocycles. The Bertz CT molecular complexity index is 1340. The van der Waals surface area contributed by atoms with Crippen molar-refractivity contribution in [2.24, 2.45) is 0 Å². The number of benzene rings is 2. The lowest BCUT2D eigenvalue weighted by molar-refractivity contribution is 0.387. The molecule has 3 heterocycles. The fraction of sp³-hybridized carbons (Fsp3) is 0.0476. The smallest absolute Gasteiger partial charge is 0.183 e. The fourth-order valence-electron chi connectivity index (χ4n) is 3.36. The molecule has 0 aliphatic rings. The molecule has 0 saturated heterocycles. The van der Waals surface area contributed by atoms with Gasteiger partial charge in [-0.25, -0.2) is 14.4 Å². The molecule has 0 aliphatic heterocycles. The zero-order valence-corrected chi connectivity index (χ0v) is 15.3. The Labute approximate surface area is 164 Å². The normalized spacial score (nSPS) is 11.1. The van der Waals surface area contributed by atoms with Gasteiger partial charge in [0.05, 0.1) is 12.6 Å². The SMILES string of the molecule is COc1cc(Nc2nc3c(-c4nc[nH]n4)cccc3c3cnccc23)ccc1F. The zero-order chi connectivity index (χ0) is 19.8. The highest BCUT2D eigenvalue weighted by Crippen LogP contribution is 2.35. The highest BCUT2D eigenvalue weighted by atomic mass is 19.1. The molecule has 0 spiro atoms. The summed E-state index contributed by atoms with van der Waals surface area (Å²) in [6.45, 7) is 0. The number of rotatable bonds is 4. The molecule has 0 atom stereocenters. The maximum Gasteiger partial charge on any atom is 0.183 e. The monoisotopic (exact) mass is 386 g/mol. The summed E-state index contributed by atoms with van der Waals surface area (Å²) in [4.78, 5) is 13.4. The van der Waals surface area contributed by atoms with Gasteiger partial charge in [0.2, 0.25) is 0 Å². The maximum absolute atomic E-state index is 13.8. The molecule has 0 fully saturated rings. The maximum atomic E-state index is 13.8. The van der Waals surface area contributed by atoms with Gasteiger partial charge in [-0.05, 0) is 24.3 Å². The van der Waals surface area contributed by atoms with E-state index in [9.17, 15) is 4.39 Å². The first-order valence-electron chi connectivity index (χ1n) is 8.88. The summed E-state index contributed by atoms with van der Waals surface area (Å²) in [7, 11) is 1.43. The van der Waals surface area contributed by atoms with E-state index < -0.39 is 5.82 Å². The van der Waals surface area contributed by atoms with Gasteiger partial charge >= 0.3 is 0 Å². The van der Waals surface area contributed by atoms with E-state index in [4.69, 9.17) is 9.72 Å². The molecule has 5 rings (SSSR count). The first kappa shape index (κ1) is 17.1. The molecule has 2 aromatic carbocycles. The number of aromatic amines is 1.